The smallest absolute Gasteiger partial charge is 0.317 e. The van der Waals surface area contributed by atoms with E-state index < -0.39 is 27.7 Å². The number of hydrogen-bond acceptors (Lipinski definition) is 4. The molecule has 3 aromatic carbocycles. The van der Waals surface area contributed by atoms with Gasteiger partial charge in [0, 0.05) is 22.5 Å². The minimum Gasteiger partial charge on any atom is -0.317 e. The minimum absolute atomic E-state index is 0.00993. The van der Waals surface area contributed by atoms with Gasteiger partial charge in [-0.25, -0.2) is 13.8 Å². The number of aryl methyl sites for hydroxylation is 3. The fourth-order valence-electron chi connectivity index (χ4n) is 4.63. The number of benzene rings is 3. The normalized spacial score (nSPS) is 12.1. The van der Waals surface area contributed by atoms with Gasteiger partial charge in [-0.2, -0.15) is 18.3 Å². The molecule has 0 saturated heterocycles. The number of nitrogens with zero attached hydrogens (tertiary/aromatic N) is 3. The van der Waals surface area contributed by atoms with Crippen molar-refractivity contribution in [2.45, 2.75) is 40.4 Å². The van der Waals surface area contributed by atoms with Crippen molar-refractivity contribution in [2.75, 3.05) is 10.6 Å². The van der Waals surface area contributed by atoms with Gasteiger partial charge in [0.25, 0.3) is 5.91 Å². The summed E-state index contributed by atoms with van der Waals surface area (Å²) in [4.78, 5) is 12.7. The van der Waals surface area contributed by atoms with Gasteiger partial charge in [0.05, 0.1) is 36.0 Å². The third-order valence-electron chi connectivity index (χ3n) is 7.01. The number of anilines is 1. The molecule has 42 heavy (non-hydrogen) atoms. The highest BCUT2D eigenvalue weighted by atomic mass is 32.2. The maximum absolute atomic E-state index is 13.6. The highest BCUT2D eigenvalue weighted by Crippen LogP contribution is 2.35. The lowest BCUT2D eigenvalue weighted by atomic mass is 10.1. The molecule has 0 aliphatic carbocycles. The Morgan fingerprint density at radius 1 is 0.952 bits per heavy atom. The highest BCUT2D eigenvalue weighted by Gasteiger charge is 2.34. The Balaban J connectivity index is 1.47. The number of amides is 1. The van der Waals surface area contributed by atoms with E-state index in [0.717, 1.165) is 23.4 Å². The summed E-state index contributed by atoms with van der Waals surface area (Å²) in [5, 5.41) is 4.01. The topological polar surface area (TPSA) is 83.8 Å². The average Bonchev–Trinajstić information content (AvgIpc) is 3.20. The lowest BCUT2D eigenvalue weighted by molar-refractivity contribution is -0.137. The van der Waals surface area contributed by atoms with Crippen LogP contribution in [-0.2, 0) is 22.7 Å². The zero-order chi connectivity index (χ0) is 30.8. The Kier molecular flexibility index (Phi) is 8.63. The molecule has 220 valence electrons. The number of halogens is 3. The number of aromatic nitrogens is 1. The SMILES string of the molecule is Cc1ccc(N(Cc2ccc(C(=O)NN=Cc3cc(C)n(-c4ccccc4C(F)(F)F)c3C)cc2)S(C)(=O)=O)cc1C. The number of para-hydroxylation sites is 1. The molecule has 0 fully saturated rings. The third kappa shape index (κ3) is 6.73. The second-order valence-corrected chi connectivity index (χ2v) is 12.0. The van der Waals surface area contributed by atoms with Gasteiger partial charge in [0.1, 0.15) is 0 Å². The lowest BCUT2D eigenvalue weighted by Crippen LogP contribution is -2.29. The number of carbonyl (C=O) groups is 1. The van der Waals surface area contributed by atoms with Gasteiger partial charge in [0.15, 0.2) is 0 Å². The molecule has 0 aliphatic heterocycles. The summed E-state index contributed by atoms with van der Waals surface area (Å²) in [6.07, 6.45) is -1.98. The molecule has 0 radical (unpaired) electrons. The molecule has 0 unspecified atom stereocenters. The van der Waals surface area contributed by atoms with Gasteiger partial charge in [-0.05, 0) is 86.8 Å². The molecule has 1 amide bonds. The Morgan fingerprint density at radius 3 is 2.24 bits per heavy atom. The molecule has 1 aromatic heterocycles. The first kappa shape index (κ1) is 30.6. The van der Waals surface area contributed by atoms with Crippen molar-refractivity contribution >= 4 is 27.8 Å². The molecule has 0 saturated carbocycles. The predicted octanol–water partition coefficient (Wildman–Crippen LogP) is 6.46. The molecular weight excluding hydrogens is 565 g/mol. The van der Waals surface area contributed by atoms with Crippen molar-refractivity contribution in [1.29, 1.82) is 0 Å². The molecule has 1 heterocycles. The molecule has 4 rings (SSSR count). The van der Waals surface area contributed by atoms with Crippen LogP contribution in [0.4, 0.5) is 18.9 Å². The van der Waals surface area contributed by atoms with Crippen LogP contribution in [0.2, 0.25) is 0 Å². The van der Waals surface area contributed by atoms with Crippen LogP contribution in [0.15, 0.2) is 77.9 Å². The second-order valence-electron chi connectivity index (χ2n) is 10.1. The molecule has 1 N–H and O–H groups in total. The van der Waals surface area contributed by atoms with Crippen LogP contribution >= 0.6 is 0 Å². The zero-order valence-corrected chi connectivity index (χ0v) is 24.6. The fraction of sp³-hybridized carbons (Fsp3) is 0.226. The first-order valence-corrected chi connectivity index (χ1v) is 14.8. The number of carbonyl (C=O) groups excluding carboxylic acids is 1. The molecule has 0 aliphatic rings. The van der Waals surface area contributed by atoms with Crippen LogP contribution in [0.3, 0.4) is 0 Å². The highest BCUT2D eigenvalue weighted by molar-refractivity contribution is 7.92. The van der Waals surface area contributed by atoms with E-state index in [1.54, 1.807) is 56.3 Å². The van der Waals surface area contributed by atoms with Gasteiger partial charge < -0.3 is 4.57 Å². The van der Waals surface area contributed by atoms with Crippen molar-refractivity contribution in [3.8, 4) is 5.69 Å². The Bertz CT molecular complexity index is 1760. The monoisotopic (exact) mass is 596 g/mol. The van der Waals surface area contributed by atoms with Crippen LogP contribution in [0.5, 0.6) is 0 Å². The van der Waals surface area contributed by atoms with Gasteiger partial charge >= 0.3 is 6.18 Å². The van der Waals surface area contributed by atoms with E-state index in [-0.39, 0.29) is 12.2 Å². The zero-order valence-electron chi connectivity index (χ0n) is 23.8. The average molecular weight is 597 g/mol. The summed E-state index contributed by atoms with van der Waals surface area (Å²) in [6.45, 7) is 7.34. The van der Waals surface area contributed by atoms with E-state index in [1.807, 2.05) is 26.0 Å². The molecule has 0 atom stereocenters. The van der Waals surface area contributed by atoms with Crippen molar-refractivity contribution in [1.82, 2.24) is 9.99 Å². The molecule has 11 heteroatoms. The molecule has 0 spiro atoms. The predicted molar refractivity (Wildman–Crippen MR) is 159 cm³/mol. The minimum atomic E-state index is -4.51. The number of hydrazone groups is 1. The summed E-state index contributed by atoms with van der Waals surface area (Å²) < 4.78 is 68.6. The third-order valence-corrected chi connectivity index (χ3v) is 8.15. The summed E-state index contributed by atoms with van der Waals surface area (Å²) in [6, 6.07) is 19.0. The van der Waals surface area contributed by atoms with Crippen molar-refractivity contribution in [2.24, 2.45) is 5.10 Å². The Morgan fingerprint density at radius 2 is 1.62 bits per heavy atom. The lowest BCUT2D eigenvalue weighted by Gasteiger charge is -2.23. The number of alkyl halides is 3. The maximum atomic E-state index is 13.6. The van der Waals surface area contributed by atoms with Gasteiger partial charge in [0.2, 0.25) is 10.0 Å². The van der Waals surface area contributed by atoms with Gasteiger partial charge in [-0.1, -0.05) is 30.3 Å². The summed E-state index contributed by atoms with van der Waals surface area (Å²) in [5.74, 6) is -0.497. The first-order chi connectivity index (χ1) is 19.7. The molecular formula is C31H31F3N4O3S. The van der Waals surface area contributed by atoms with Crippen molar-refractivity contribution < 1.29 is 26.4 Å². The van der Waals surface area contributed by atoms with Crippen molar-refractivity contribution in [3.05, 3.63) is 118 Å². The van der Waals surface area contributed by atoms with E-state index in [9.17, 15) is 26.4 Å². The standard InChI is InChI=1S/C31H31F3N4O3S/c1-20-10-15-27(16-21(20)2)37(42(5,40)41)19-24-11-13-25(14-12-24)30(39)36-35-18-26-17-22(3)38(23(26)4)29-9-7-6-8-28(29)31(32,33)34/h6-18H,19H2,1-5H3,(H,36,39). The van der Waals surface area contributed by atoms with Gasteiger partial charge in [-0.3, -0.25) is 9.10 Å². The summed E-state index contributed by atoms with van der Waals surface area (Å²) in [7, 11) is -3.57. The van der Waals surface area contributed by atoms with Crippen LogP contribution in [0.1, 0.15) is 49.6 Å². The number of rotatable bonds is 8. The number of nitrogens with one attached hydrogen (secondary N) is 1. The van der Waals surface area contributed by atoms with Crippen LogP contribution < -0.4 is 9.73 Å². The molecule has 4 aromatic rings. The van der Waals surface area contributed by atoms with Crippen LogP contribution in [0, 0.1) is 27.7 Å². The number of hydrogen-bond donors (Lipinski definition) is 1. The van der Waals surface area contributed by atoms with E-state index in [4.69, 9.17) is 0 Å². The Hall–Kier alpha value is -4.38. The van der Waals surface area contributed by atoms with E-state index in [0.29, 0.717) is 33.8 Å². The quantitative estimate of drug-likeness (QED) is 0.187. The number of sulfonamides is 1. The maximum Gasteiger partial charge on any atom is 0.418 e. The van der Waals surface area contributed by atoms with Crippen molar-refractivity contribution in [3.63, 3.8) is 0 Å². The largest absolute Gasteiger partial charge is 0.418 e. The van der Waals surface area contributed by atoms with E-state index in [1.165, 1.54) is 27.2 Å². The Labute approximate surface area is 243 Å². The van der Waals surface area contributed by atoms with Crippen LogP contribution in [-0.4, -0.2) is 31.4 Å². The summed E-state index contributed by atoms with van der Waals surface area (Å²) >= 11 is 0. The van der Waals surface area contributed by atoms with Crippen LogP contribution in [0.25, 0.3) is 5.69 Å². The van der Waals surface area contributed by atoms with E-state index >= 15 is 0 Å². The molecule has 7 nitrogen and oxygen atoms in total. The summed E-state index contributed by atoms with van der Waals surface area (Å²) in [5.41, 5.74) is 6.93. The van der Waals surface area contributed by atoms with Gasteiger partial charge in [-0.15, -0.1) is 0 Å². The first-order valence-electron chi connectivity index (χ1n) is 13.0. The fourth-order valence-corrected chi connectivity index (χ4v) is 5.51. The van der Waals surface area contributed by atoms with E-state index in [2.05, 4.69) is 10.5 Å². The second kappa shape index (κ2) is 11.8. The molecule has 0 bridgehead atoms.